The van der Waals surface area contributed by atoms with E-state index in [-0.39, 0.29) is 18.0 Å². The van der Waals surface area contributed by atoms with E-state index in [0.29, 0.717) is 11.2 Å². The van der Waals surface area contributed by atoms with Gasteiger partial charge < -0.3 is 14.3 Å². The highest BCUT2D eigenvalue weighted by molar-refractivity contribution is 9.10. The normalized spacial score (nSPS) is 10.7. The fraction of sp³-hybridized carbons (Fsp3) is 0.0667. The number of benzene rings is 1. The lowest BCUT2D eigenvalue weighted by molar-refractivity contribution is -0.116. The molecule has 0 radical (unpaired) electrons. The van der Waals surface area contributed by atoms with Crippen LogP contribution in [0.15, 0.2) is 64.3 Å². The number of fused-ring (bicyclic) bond motifs is 1. The fourth-order valence-electron chi connectivity index (χ4n) is 2.11. The molecule has 3 rings (SSSR count). The zero-order chi connectivity index (χ0) is 14.8. The van der Waals surface area contributed by atoms with Crippen molar-refractivity contribution in [1.29, 1.82) is 0 Å². The Hall–Kier alpha value is -2.34. The number of para-hydroxylation sites is 1. The van der Waals surface area contributed by atoms with Crippen molar-refractivity contribution in [2.24, 2.45) is 0 Å². The van der Waals surface area contributed by atoms with E-state index in [0.717, 1.165) is 4.47 Å². The molecule has 0 aliphatic heterocycles. The molecule has 0 fully saturated rings. The first-order chi connectivity index (χ1) is 10.1. The molecule has 2 heterocycles. The van der Waals surface area contributed by atoms with Crippen molar-refractivity contribution in [3.8, 4) is 0 Å². The number of nitrogens with zero attached hydrogens (tertiary/aromatic N) is 2. The predicted octanol–water partition coefficient (Wildman–Crippen LogP) is 2.50. The summed E-state index contributed by atoms with van der Waals surface area (Å²) in [6, 6.07) is 10.9. The van der Waals surface area contributed by atoms with Crippen LogP contribution in [0.5, 0.6) is 0 Å². The van der Waals surface area contributed by atoms with Crippen molar-refractivity contribution in [2.75, 3.05) is 5.32 Å². The number of hydrogen-bond donors (Lipinski definition) is 1. The van der Waals surface area contributed by atoms with Crippen LogP contribution < -0.4 is 10.9 Å². The summed E-state index contributed by atoms with van der Waals surface area (Å²) in [6.07, 6.45) is 5.15. The van der Waals surface area contributed by atoms with E-state index >= 15 is 0 Å². The molecule has 0 spiro atoms. The Morgan fingerprint density at radius 1 is 1.19 bits per heavy atom. The van der Waals surface area contributed by atoms with E-state index < -0.39 is 0 Å². The Morgan fingerprint density at radius 3 is 2.71 bits per heavy atom. The summed E-state index contributed by atoms with van der Waals surface area (Å²) in [6.45, 7) is -0.0208. The summed E-state index contributed by atoms with van der Waals surface area (Å²) in [5.74, 6) is -0.238. The van der Waals surface area contributed by atoms with Gasteiger partial charge in [-0.3, -0.25) is 9.59 Å². The highest BCUT2D eigenvalue weighted by atomic mass is 79.9. The Morgan fingerprint density at radius 2 is 1.95 bits per heavy atom. The van der Waals surface area contributed by atoms with Crippen molar-refractivity contribution in [2.45, 2.75) is 6.54 Å². The number of nitrogens with one attached hydrogen (secondary N) is 1. The average Bonchev–Trinajstić information content (AvgIpc) is 2.85. The summed E-state index contributed by atoms with van der Waals surface area (Å²) >= 11 is 3.33. The van der Waals surface area contributed by atoms with E-state index in [2.05, 4.69) is 21.2 Å². The van der Waals surface area contributed by atoms with Gasteiger partial charge in [-0.15, -0.1) is 0 Å². The van der Waals surface area contributed by atoms with Crippen LogP contribution >= 0.6 is 15.9 Å². The van der Waals surface area contributed by atoms with Gasteiger partial charge in [0, 0.05) is 28.8 Å². The summed E-state index contributed by atoms with van der Waals surface area (Å²) in [7, 11) is 0. The topological polar surface area (TPSA) is 55.5 Å². The summed E-state index contributed by atoms with van der Waals surface area (Å²) in [5, 5.41) is 2.76. The van der Waals surface area contributed by atoms with Crippen LogP contribution in [0.25, 0.3) is 5.52 Å². The highest BCUT2D eigenvalue weighted by Crippen LogP contribution is 2.12. The van der Waals surface area contributed by atoms with Crippen LogP contribution in [0.4, 0.5) is 5.69 Å². The number of aromatic nitrogens is 2. The second-order valence-corrected chi connectivity index (χ2v) is 5.51. The van der Waals surface area contributed by atoms with Crippen molar-refractivity contribution in [3.05, 3.63) is 69.8 Å². The first kappa shape index (κ1) is 13.6. The molecule has 6 heteroatoms. The van der Waals surface area contributed by atoms with Gasteiger partial charge in [0.05, 0.1) is 0 Å². The molecule has 1 N–H and O–H groups in total. The maximum absolute atomic E-state index is 12.3. The molecule has 1 aromatic carbocycles. The molecule has 0 unspecified atom stereocenters. The maximum Gasteiger partial charge on any atom is 0.275 e. The van der Waals surface area contributed by atoms with E-state index in [1.807, 2.05) is 18.2 Å². The third-order valence-corrected chi connectivity index (χ3v) is 3.51. The first-order valence-electron chi connectivity index (χ1n) is 6.35. The molecule has 0 aliphatic carbocycles. The molecular weight excluding hydrogens is 334 g/mol. The Bertz CT molecular complexity index is 852. The standard InChI is InChI=1S/C15H12BrN3O2/c16-11-8-13-15(21)19(7-6-18(13)9-11)10-14(20)17-12-4-2-1-3-5-12/h1-9H,10H2,(H,17,20). The van der Waals surface area contributed by atoms with Gasteiger partial charge in [0.2, 0.25) is 5.91 Å². The van der Waals surface area contributed by atoms with Gasteiger partial charge in [-0.05, 0) is 34.1 Å². The monoisotopic (exact) mass is 345 g/mol. The average molecular weight is 346 g/mol. The number of halogens is 1. The van der Waals surface area contributed by atoms with Crippen molar-refractivity contribution < 1.29 is 4.79 Å². The van der Waals surface area contributed by atoms with Gasteiger partial charge in [0.1, 0.15) is 12.1 Å². The molecule has 0 aliphatic rings. The molecule has 0 saturated carbocycles. The van der Waals surface area contributed by atoms with Crippen LogP contribution in [0, 0.1) is 0 Å². The second-order valence-electron chi connectivity index (χ2n) is 4.60. The Labute approximate surface area is 129 Å². The molecule has 0 bridgehead atoms. The number of amides is 1. The predicted molar refractivity (Wildman–Crippen MR) is 84.4 cm³/mol. The lowest BCUT2D eigenvalue weighted by atomic mass is 10.3. The number of hydrogen-bond acceptors (Lipinski definition) is 2. The molecular formula is C15H12BrN3O2. The number of carbonyl (C=O) groups excluding carboxylic acids is 1. The van der Waals surface area contributed by atoms with Crippen LogP contribution in [-0.4, -0.2) is 14.9 Å². The molecule has 5 nitrogen and oxygen atoms in total. The van der Waals surface area contributed by atoms with Crippen LogP contribution in [0.1, 0.15) is 0 Å². The van der Waals surface area contributed by atoms with E-state index in [9.17, 15) is 9.59 Å². The molecule has 106 valence electrons. The number of carbonyl (C=O) groups is 1. The minimum atomic E-state index is -0.238. The maximum atomic E-state index is 12.3. The van der Waals surface area contributed by atoms with Crippen LogP contribution in [0.2, 0.25) is 0 Å². The largest absolute Gasteiger partial charge is 0.325 e. The van der Waals surface area contributed by atoms with Crippen LogP contribution in [0.3, 0.4) is 0 Å². The van der Waals surface area contributed by atoms with E-state index in [1.54, 1.807) is 41.2 Å². The van der Waals surface area contributed by atoms with Gasteiger partial charge in [-0.2, -0.15) is 0 Å². The fourth-order valence-corrected chi connectivity index (χ4v) is 2.55. The van der Waals surface area contributed by atoms with Crippen molar-refractivity contribution in [1.82, 2.24) is 8.97 Å². The van der Waals surface area contributed by atoms with E-state index in [1.165, 1.54) is 4.57 Å². The Balaban J connectivity index is 1.83. The van der Waals surface area contributed by atoms with Crippen LogP contribution in [-0.2, 0) is 11.3 Å². The second kappa shape index (κ2) is 5.57. The van der Waals surface area contributed by atoms with Gasteiger partial charge in [0.15, 0.2) is 0 Å². The lowest BCUT2D eigenvalue weighted by Gasteiger charge is -2.07. The summed E-state index contributed by atoms with van der Waals surface area (Å²) < 4.78 is 3.93. The third kappa shape index (κ3) is 2.90. The Kier molecular flexibility index (Phi) is 3.62. The summed E-state index contributed by atoms with van der Waals surface area (Å²) in [4.78, 5) is 24.3. The van der Waals surface area contributed by atoms with Gasteiger partial charge in [-0.1, -0.05) is 18.2 Å². The minimum absolute atomic E-state index is 0.0208. The number of anilines is 1. The van der Waals surface area contributed by atoms with Gasteiger partial charge in [-0.25, -0.2) is 0 Å². The molecule has 3 aromatic rings. The van der Waals surface area contributed by atoms with Gasteiger partial charge in [0.25, 0.3) is 5.56 Å². The molecule has 0 atom stereocenters. The zero-order valence-electron chi connectivity index (χ0n) is 11.0. The number of rotatable bonds is 3. The SMILES string of the molecule is O=C(Cn1ccn2cc(Br)cc2c1=O)Nc1ccccc1. The highest BCUT2D eigenvalue weighted by Gasteiger charge is 2.08. The molecule has 21 heavy (non-hydrogen) atoms. The van der Waals surface area contributed by atoms with E-state index in [4.69, 9.17) is 0 Å². The summed E-state index contributed by atoms with van der Waals surface area (Å²) in [5.41, 5.74) is 1.03. The quantitative estimate of drug-likeness (QED) is 0.792. The van der Waals surface area contributed by atoms with Crippen molar-refractivity contribution in [3.63, 3.8) is 0 Å². The molecule has 2 aromatic heterocycles. The third-order valence-electron chi connectivity index (χ3n) is 3.07. The van der Waals surface area contributed by atoms with Gasteiger partial charge >= 0.3 is 0 Å². The zero-order valence-corrected chi connectivity index (χ0v) is 12.6. The smallest absolute Gasteiger partial charge is 0.275 e. The molecule has 1 amide bonds. The minimum Gasteiger partial charge on any atom is -0.325 e. The lowest BCUT2D eigenvalue weighted by Crippen LogP contribution is -2.28. The van der Waals surface area contributed by atoms with Crippen molar-refractivity contribution >= 4 is 33.0 Å². The first-order valence-corrected chi connectivity index (χ1v) is 7.14. The molecule has 0 saturated heterocycles.